The Bertz CT molecular complexity index is 503. The summed E-state index contributed by atoms with van der Waals surface area (Å²) >= 11 is 0. The first-order chi connectivity index (χ1) is 7.92. The number of sulfone groups is 1. The molecule has 94 valence electrons. The molecule has 0 saturated carbocycles. The number of rotatable bonds is 4. The van der Waals surface area contributed by atoms with E-state index in [1.165, 1.54) is 6.92 Å². The molecular weight excluding hydrogens is 238 g/mol. The zero-order valence-electron chi connectivity index (χ0n) is 10.2. The molecule has 1 aromatic rings. The number of hydrogen-bond donors (Lipinski definition) is 1. The summed E-state index contributed by atoms with van der Waals surface area (Å²) in [5, 5.41) is 11.3. The fraction of sp³-hybridized carbons (Fsp3) is 0.417. The first kappa shape index (κ1) is 13.7. The molecule has 5 heteroatoms. The van der Waals surface area contributed by atoms with E-state index < -0.39 is 15.1 Å². The van der Waals surface area contributed by atoms with E-state index >= 15 is 0 Å². The normalized spacial score (nSPS) is 14.6. The SMILES string of the molecule is CCS(=O)(=O)C(C)C(=NO)c1ccc(C)cc1. The Kier molecular flexibility index (Phi) is 4.28. The molecule has 4 nitrogen and oxygen atoms in total. The highest BCUT2D eigenvalue weighted by molar-refractivity contribution is 7.92. The first-order valence-corrected chi connectivity index (χ1v) is 7.14. The van der Waals surface area contributed by atoms with Gasteiger partial charge in [-0.15, -0.1) is 0 Å². The van der Waals surface area contributed by atoms with Gasteiger partial charge in [0.05, 0.1) is 0 Å². The summed E-state index contributed by atoms with van der Waals surface area (Å²) in [5.41, 5.74) is 1.88. The van der Waals surface area contributed by atoms with E-state index in [1.54, 1.807) is 19.1 Å². The van der Waals surface area contributed by atoms with Gasteiger partial charge >= 0.3 is 0 Å². The van der Waals surface area contributed by atoms with E-state index in [1.807, 2.05) is 19.1 Å². The molecule has 1 aromatic carbocycles. The standard InChI is InChI=1S/C12H17NO3S/c1-4-17(15,16)10(3)12(13-14)11-7-5-9(2)6-8-11/h5-8,10,14H,4H2,1-3H3. The van der Waals surface area contributed by atoms with Crippen LogP contribution in [0.3, 0.4) is 0 Å². The van der Waals surface area contributed by atoms with Crippen molar-refractivity contribution in [3.8, 4) is 0 Å². The Hall–Kier alpha value is -1.36. The van der Waals surface area contributed by atoms with Crippen molar-refractivity contribution in [1.82, 2.24) is 0 Å². The number of nitrogens with zero attached hydrogens (tertiary/aromatic N) is 1. The second kappa shape index (κ2) is 5.31. The lowest BCUT2D eigenvalue weighted by Crippen LogP contribution is -2.29. The maximum Gasteiger partial charge on any atom is 0.158 e. The third-order valence-corrected chi connectivity index (χ3v) is 4.89. The van der Waals surface area contributed by atoms with Crippen molar-refractivity contribution in [2.75, 3.05) is 5.75 Å². The van der Waals surface area contributed by atoms with Crippen LogP contribution in [-0.2, 0) is 9.84 Å². The predicted octanol–water partition coefficient (Wildman–Crippen LogP) is 2.00. The van der Waals surface area contributed by atoms with Crippen LogP contribution in [0.2, 0.25) is 0 Å². The van der Waals surface area contributed by atoms with Crippen LogP contribution in [-0.4, -0.2) is 30.3 Å². The second-order valence-corrected chi connectivity index (χ2v) is 6.56. The second-order valence-electron chi connectivity index (χ2n) is 3.95. The molecule has 0 saturated heterocycles. The molecule has 17 heavy (non-hydrogen) atoms. The quantitative estimate of drug-likeness (QED) is 0.508. The fourth-order valence-corrected chi connectivity index (χ4v) is 2.54. The van der Waals surface area contributed by atoms with Crippen LogP contribution in [0.15, 0.2) is 29.4 Å². The molecule has 0 radical (unpaired) electrons. The third kappa shape index (κ3) is 3.06. The van der Waals surface area contributed by atoms with E-state index in [2.05, 4.69) is 5.16 Å². The van der Waals surface area contributed by atoms with Gasteiger partial charge in [0.2, 0.25) is 0 Å². The Morgan fingerprint density at radius 2 is 1.88 bits per heavy atom. The van der Waals surface area contributed by atoms with E-state index in [9.17, 15) is 8.42 Å². The van der Waals surface area contributed by atoms with Crippen molar-refractivity contribution < 1.29 is 13.6 Å². The maximum absolute atomic E-state index is 11.7. The molecule has 0 spiro atoms. The smallest absolute Gasteiger partial charge is 0.158 e. The lowest BCUT2D eigenvalue weighted by molar-refractivity contribution is 0.318. The summed E-state index contributed by atoms with van der Waals surface area (Å²) in [6.07, 6.45) is 0. The highest BCUT2D eigenvalue weighted by atomic mass is 32.2. The molecule has 1 atom stereocenters. The van der Waals surface area contributed by atoms with Crippen LogP contribution < -0.4 is 0 Å². The molecule has 0 bridgehead atoms. The van der Waals surface area contributed by atoms with Gasteiger partial charge in [-0.3, -0.25) is 0 Å². The molecule has 1 N–H and O–H groups in total. The Morgan fingerprint density at radius 1 is 1.35 bits per heavy atom. The Morgan fingerprint density at radius 3 is 2.29 bits per heavy atom. The van der Waals surface area contributed by atoms with Crippen molar-refractivity contribution in [3.63, 3.8) is 0 Å². The van der Waals surface area contributed by atoms with Crippen molar-refractivity contribution in [2.24, 2.45) is 5.16 Å². The summed E-state index contributed by atoms with van der Waals surface area (Å²) in [4.78, 5) is 0. The fourth-order valence-electron chi connectivity index (χ4n) is 1.52. The minimum Gasteiger partial charge on any atom is -0.411 e. The minimum atomic E-state index is -3.26. The van der Waals surface area contributed by atoms with Gasteiger partial charge in [0.15, 0.2) is 9.84 Å². The average Bonchev–Trinajstić information content (AvgIpc) is 2.32. The number of aryl methyl sites for hydroxylation is 1. The summed E-state index contributed by atoms with van der Waals surface area (Å²) in [7, 11) is -3.26. The molecular formula is C12H17NO3S. The van der Waals surface area contributed by atoms with Crippen LogP contribution in [0.5, 0.6) is 0 Å². The van der Waals surface area contributed by atoms with Gasteiger partial charge in [-0.25, -0.2) is 8.42 Å². The predicted molar refractivity (Wildman–Crippen MR) is 68.4 cm³/mol. The van der Waals surface area contributed by atoms with Crippen molar-refractivity contribution in [3.05, 3.63) is 35.4 Å². The maximum atomic E-state index is 11.7. The number of hydrogen-bond acceptors (Lipinski definition) is 4. The van der Waals surface area contributed by atoms with E-state index in [-0.39, 0.29) is 11.5 Å². The zero-order chi connectivity index (χ0) is 13.1. The molecule has 0 amide bonds. The average molecular weight is 255 g/mol. The van der Waals surface area contributed by atoms with E-state index in [0.29, 0.717) is 5.56 Å². The first-order valence-electron chi connectivity index (χ1n) is 5.43. The molecule has 1 rings (SSSR count). The lowest BCUT2D eigenvalue weighted by Gasteiger charge is -2.13. The van der Waals surface area contributed by atoms with Gasteiger partial charge in [-0.2, -0.15) is 0 Å². The Balaban J connectivity index is 3.14. The van der Waals surface area contributed by atoms with Crippen LogP contribution in [0.1, 0.15) is 25.0 Å². The van der Waals surface area contributed by atoms with Crippen LogP contribution in [0.4, 0.5) is 0 Å². The highest BCUT2D eigenvalue weighted by Gasteiger charge is 2.25. The van der Waals surface area contributed by atoms with Crippen molar-refractivity contribution in [1.29, 1.82) is 0 Å². The third-order valence-electron chi connectivity index (χ3n) is 2.78. The number of benzene rings is 1. The van der Waals surface area contributed by atoms with Crippen molar-refractivity contribution in [2.45, 2.75) is 26.0 Å². The largest absolute Gasteiger partial charge is 0.411 e. The monoisotopic (exact) mass is 255 g/mol. The molecule has 0 fully saturated rings. The zero-order valence-corrected chi connectivity index (χ0v) is 11.0. The molecule has 0 aliphatic rings. The Labute approximate surface area is 102 Å². The minimum absolute atomic E-state index is 0.0268. The van der Waals surface area contributed by atoms with Gasteiger partial charge < -0.3 is 5.21 Å². The molecule has 0 aromatic heterocycles. The van der Waals surface area contributed by atoms with Gasteiger partial charge in [0, 0.05) is 11.3 Å². The highest BCUT2D eigenvalue weighted by Crippen LogP contribution is 2.13. The topological polar surface area (TPSA) is 66.7 Å². The molecule has 0 heterocycles. The van der Waals surface area contributed by atoms with Gasteiger partial charge in [0.1, 0.15) is 11.0 Å². The van der Waals surface area contributed by atoms with Gasteiger partial charge in [-0.1, -0.05) is 41.9 Å². The molecule has 1 unspecified atom stereocenters. The van der Waals surface area contributed by atoms with Gasteiger partial charge in [0.25, 0.3) is 0 Å². The van der Waals surface area contributed by atoms with Gasteiger partial charge in [-0.05, 0) is 13.8 Å². The lowest BCUT2D eigenvalue weighted by atomic mass is 10.1. The summed E-state index contributed by atoms with van der Waals surface area (Å²) in [5.74, 6) is 0.0268. The van der Waals surface area contributed by atoms with Crippen molar-refractivity contribution >= 4 is 15.5 Å². The summed E-state index contributed by atoms with van der Waals surface area (Å²) in [6.45, 7) is 5.05. The van der Waals surface area contributed by atoms with E-state index in [4.69, 9.17) is 5.21 Å². The van der Waals surface area contributed by atoms with Crippen LogP contribution >= 0.6 is 0 Å². The van der Waals surface area contributed by atoms with Crippen LogP contribution in [0.25, 0.3) is 0 Å². The molecule has 0 aliphatic carbocycles. The van der Waals surface area contributed by atoms with Crippen LogP contribution in [0, 0.1) is 6.92 Å². The number of oxime groups is 1. The van der Waals surface area contributed by atoms with E-state index in [0.717, 1.165) is 5.56 Å². The summed E-state index contributed by atoms with van der Waals surface area (Å²) < 4.78 is 23.5. The molecule has 0 aliphatic heterocycles. The summed E-state index contributed by atoms with van der Waals surface area (Å²) in [6, 6.07) is 7.22.